The van der Waals surface area contributed by atoms with Crippen molar-refractivity contribution in [1.29, 1.82) is 0 Å². The van der Waals surface area contributed by atoms with Crippen LogP contribution in [0.4, 0.5) is 0 Å². The zero-order valence-corrected chi connectivity index (χ0v) is 13.1. The molecule has 2 bridgehead atoms. The van der Waals surface area contributed by atoms with Crippen LogP contribution in [0.3, 0.4) is 0 Å². The predicted molar refractivity (Wildman–Crippen MR) is 87.6 cm³/mol. The molecule has 0 spiro atoms. The molecule has 0 aliphatic carbocycles. The van der Waals surface area contributed by atoms with E-state index in [1.54, 1.807) is 18.3 Å². The molecule has 6 nitrogen and oxygen atoms in total. The van der Waals surface area contributed by atoms with Crippen molar-refractivity contribution in [3.05, 3.63) is 30.0 Å². The SMILES string of the molecule is O=C(O)c1cccc2cnn(CCNC3CN4CCC3CC4)c12. The van der Waals surface area contributed by atoms with Crippen molar-refractivity contribution < 1.29 is 9.90 Å². The Morgan fingerprint density at radius 2 is 2.17 bits per heavy atom. The summed E-state index contributed by atoms with van der Waals surface area (Å²) >= 11 is 0. The number of piperidine rings is 3. The van der Waals surface area contributed by atoms with Gasteiger partial charge >= 0.3 is 5.97 Å². The number of hydrogen-bond donors (Lipinski definition) is 2. The Hall–Kier alpha value is -1.92. The number of benzene rings is 1. The van der Waals surface area contributed by atoms with Gasteiger partial charge in [-0.05, 0) is 37.9 Å². The van der Waals surface area contributed by atoms with Crippen LogP contribution in [0.5, 0.6) is 0 Å². The van der Waals surface area contributed by atoms with Crippen LogP contribution in [0.15, 0.2) is 24.4 Å². The van der Waals surface area contributed by atoms with Crippen molar-refractivity contribution in [2.75, 3.05) is 26.2 Å². The zero-order chi connectivity index (χ0) is 15.8. The molecule has 4 heterocycles. The third-order valence-corrected chi connectivity index (χ3v) is 5.28. The first kappa shape index (κ1) is 14.7. The summed E-state index contributed by atoms with van der Waals surface area (Å²) in [5.41, 5.74) is 1.04. The average molecular weight is 314 g/mol. The van der Waals surface area contributed by atoms with E-state index < -0.39 is 5.97 Å². The maximum Gasteiger partial charge on any atom is 0.337 e. The van der Waals surface area contributed by atoms with E-state index in [0.717, 1.165) is 29.9 Å². The number of aromatic carboxylic acids is 1. The molecule has 1 aromatic carbocycles. The van der Waals surface area contributed by atoms with Crippen LogP contribution in [0, 0.1) is 5.92 Å². The van der Waals surface area contributed by atoms with Gasteiger partial charge in [0, 0.05) is 24.5 Å². The van der Waals surface area contributed by atoms with Gasteiger partial charge in [0.1, 0.15) is 0 Å². The van der Waals surface area contributed by atoms with E-state index in [1.165, 1.54) is 25.9 Å². The van der Waals surface area contributed by atoms with Crippen molar-refractivity contribution in [2.24, 2.45) is 5.92 Å². The van der Waals surface area contributed by atoms with Crippen LogP contribution in [0.25, 0.3) is 10.9 Å². The minimum Gasteiger partial charge on any atom is -0.478 e. The molecule has 122 valence electrons. The standard InChI is InChI=1S/C17H22N4O2/c22-17(23)14-3-1-2-13-10-19-21(16(13)14)9-6-18-15-11-20-7-4-12(15)5-8-20/h1-3,10,12,15,18H,4-9,11H2,(H,22,23). The van der Waals surface area contributed by atoms with Crippen LogP contribution >= 0.6 is 0 Å². The molecule has 2 N–H and O–H groups in total. The molecular weight excluding hydrogens is 292 g/mol. The zero-order valence-electron chi connectivity index (χ0n) is 13.1. The van der Waals surface area contributed by atoms with Crippen molar-refractivity contribution in [3.8, 4) is 0 Å². The second kappa shape index (κ2) is 5.94. The van der Waals surface area contributed by atoms with Crippen LogP contribution < -0.4 is 5.32 Å². The molecule has 1 atom stereocenters. The second-order valence-corrected chi connectivity index (χ2v) is 6.61. The second-order valence-electron chi connectivity index (χ2n) is 6.61. The van der Waals surface area contributed by atoms with Gasteiger partial charge in [-0.15, -0.1) is 0 Å². The van der Waals surface area contributed by atoms with Crippen molar-refractivity contribution in [3.63, 3.8) is 0 Å². The first-order valence-electron chi connectivity index (χ1n) is 8.36. The fourth-order valence-electron chi connectivity index (χ4n) is 4.04. The normalized spacial score (nSPS) is 26.7. The lowest BCUT2D eigenvalue weighted by Crippen LogP contribution is -2.56. The largest absolute Gasteiger partial charge is 0.478 e. The smallest absolute Gasteiger partial charge is 0.337 e. The molecule has 3 aliphatic heterocycles. The predicted octanol–water partition coefficient (Wildman–Crippen LogP) is 1.42. The van der Waals surface area contributed by atoms with Crippen LogP contribution in [-0.4, -0.2) is 58.0 Å². The highest BCUT2D eigenvalue weighted by Gasteiger charge is 2.33. The van der Waals surface area contributed by atoms with E-state index in [2.05, 4.69) is 15.3 Å². The third kappa shape index (κ3) is 2.72. The summed E-state index contributed by atoms with van der Waals surface area (Å²) in [6, 6.07) is 5.89. The van der Waals surface area contributed by atoms with E-state index in [0.29, 0.717) is 18.2 Å². The average Bonchev–Trinajstić information content (AvgIpc) is 2.99. The number of nitrogens with zero attached hydrogens (tertiary/aromatic N) is 3. The van der Waals surface area contributed by atoms with Gasteiger partial charge in [0.05, 0.1) is 23.8 Å². The highest BCUT2D eigenvalue weighted by molar-refractivity contribution is 6.01. The van der Waals surface area contributed by atoms with Crippen molar-refractivity contribution in [1.82, 2.24) is 20.0 Å². The number of para-hydroxylation sites is 1. The van der Waals surface area contributed by atoms with E-state index in [4.69, 9.17) is 0 Å². The van der Waals surface area contributed by atoms with Crippen molar-refractivity contribution >= 4 is 16.9 Å². The molecule has 5 rings (SSSR count). The number of fused-ring (bicyclic) bond motifs is 4. The summed E-state index contributed by atoms with van der Waals surface area (Å²) in [6.45, 7) is 5.14. The number of carboxylic acid groups (broad SMARTS) is 1. The van der Waals surface area contributed by atoms with Gasteiger partial charge in [-0.1, -0.05) is 12.1 Å². The highest BCUT2D eigenvalue weighted by Crippen LogP contribution is 2.27. The lowest BCUT2D eigenvalue weighted by molar-refractivity contribution is 0.0698. The van der Waals surface area contributed by atoms with Crippen LogP contribution in [0.2, 0.25) is 0 Å². The molecular formula is C17H22N4O2. The third-order valence-electron chi connectivity index (χ3n) is 5.28. The maximum atomic E-state index is 11.4. The van der Waals surface area contributed by atoms with Gasteiger partial charge in [0.15, 0.2) is 0 Å². The lowest BCUT2D eigenvalue weighted by atomic mass is 9.84. The Labute approximate surface area is 135 Å². The minimum atomic E-state index is -0.900. The number of rotatable bonds is 5. The molecule has 0 amide bonds. The number of nitrogens with one attached hydrogen (secondary N) is 1. The molecule has 23 heavy (non-hydrogen) atoms. The van der Waals surface area contributed by atoms with Crippen LogP contribution in [0.1, 0.15) is 23.2 Å². The molecule has 0 saturated carbocycles. The first-order valence-corrected chi connectivity index (χ1v) is 8.36. The van der Waals surface area contributed by atoms with Gasteiger partial charge in [-0.3, -0.25) is 4.68 Å². The van der Waals surface area contributed by atoms with E-state index >= 15 is 0 Å². The summed E-state index contributed by atoms with van der Waals surface area (Å²) in [6.07, 6.45) is 4.34. The summed E-state index contributed by atoms with van der Waals surface area (Å²) < 4.78 is 1.81. The van der Waals surface area contributed by atoms with E-state index in [9.17, 15) is 9.90 Å². The molecule has 6 heteroatoms. The van der Waals surface area contributed by atoms with Crippen LogP contribution in [-0.2, 0) is 6.54 Å². The summed E-state index contributed by atoms with van der Waals surface area (Å²) in [7, 11) is 0. The van der Waals surface area contributed by atoms with Gasteiger partial charge < -0.3 is 15.3 Å². The quantitative estimate of drug-likeness (QED) is 0.873. The number of carboxylic acids is 1. The highest BCUT2D eigenvalue weighted by atomic mass is 16.4. The molecule has 1 unspecified atom stereocenters. The van der Waals surface area contributed by atoms with Gasteiger partial charge in [-0.2, -0.15) is 5.10 Å². The molecule has 3 aliphatic rings. The lowest BCUT2D eigenvalue weighted by Gasteiger charge is -2.45. The minimum absolute atomic E-state index is 0.322. The molecule has 1 aromatic heterocycles. The fourth-order valence-corrected chi connectivity index (χ4v) is 4.04. The molecule has 3 saturated heterocycles. The Morgan fingerprint density at radius 3 is 2.87 bits per heavy atom. The monoisotopic (exact) mass is 314 g/mol. The Bertz CT molecular complexity index is 718. The first-order chi connectivity index (χ1) is 11.2. The van der Waals surface area contributed by atoms with E-state index in [1.807, 2.05) is 10.7 Å². The summed E-state index contributed by atoms with van der Waals surface area (Å²) in [4.78, 5) is 13.9. The Balaban J connectivity index is 1.45. The maximum absolute atomic E-state index is 11.4. The Kier molecular flexibility index (Phi) is 3.79. The molecule has 2 aromatic rings. The molecule has 0 radical (unpaired) electrons. The topological polar surface area (TPSA) is 70.4 Å². The number of hydrogen-bond acceptors (Lipinski definition) is 4. The van der Waals surface area contributed by atoms with Crippen molar-refractivity contribution in [2.45, 2.75) is 25.4 Å². The Morgan fingerprint density at radius 1 is 1.35 bits per heavy atom. The number of carbonyl (C=O) groups is 1. The molecule has 3 fully saturated rings. The van der Waals surface area contributed by atoms with Gasteiger partial charge in [0.25, 0.3) is 0 Å². The number of aromatic nitrogens is 2. The summed E-state index contributed by atoms with van der Waals surface area (Å²) in [5.74, 6) is -0.105. The van der Waals surface area contributed by atoms with Gasteiger partial charge in [-0.25, -0.2) is 4.79 Å². The fraction of sp³-hybridized carbons (Fsp3) is 0.529. The summed E-state index contributed by atoms with van der Waals surface area (Å²) in [5, 5.41) is 18.3. The van der Waals surface area contributed by atoms with Gasteiger partial charge in [0.2, 0.25) is 0 Å². The van der Waals surface area contributed by atoms with E-state index in [-0.39, 0.29) is 0 Å².